The zero-order valence-electron chi connectivity index (χ0n) is 11.7. The third-order valence-electron chi connectivity index (χ3n) is 2.11. The van der Waals surface area contributed by atoms with E-state index in [1.807, 2.05) is 0 Å². The molecule has 2 atom stereocenters. The van der Waals surface area contributed by atoms with Gasteiger partial charge >= 0.3 is 0 Å². The minimum Gasteiger partial charge on any atom is -0.726 e. The van der Waals surface area contributed by atoms with Crippen molar-refractivity contribution in [3.8, 4) is 0 Å². The summed E-state index contributed by atoms with van der Waals surface area (Å²) in [7, 11) is 0.525. The summed E-state index contributed by atoms with van der Waals surface area (Å²) >= 11 is 0. The van der Waals surface area contributed by atoms with Crippen LogP contribution >= 0.6 is 0 Å². The second kappa shape index (κ2) is 8.78. The van der Waals surface area contributed by atoms with Crippen molar-refractivity contribution in [1.82, 2.24) is 0 Å². The Morgan fingerprint density at radius 2 is 1.61 bits per heavy atom. The number of nitrogens with zero attached hydrogens (tertiary/aromatic N) is 1. The first kappa shape index (κ1) is 20.1. The lowest BCUT2D eigenvalue weighted by atomic mass is 10.2. The van der Waals surface area contributed by atoms with Crippen molar-refractivity contribution in [2.75, 3.05) is 34.3 Å². The van der Waals surface area contributed by atoms with E-state index < -0.39 is 10.4 Å². The largest absolute Gasteiger partial charge is 0.726 e. The summed E-state index contributed by atoms with van der Waals surface area (Å²) in [4.78, 5) is 0. The number of hydrogen-bond acceptors (Lipinski definition) is 6. The fourth-order valence-corrected chi connectivity index (χ4v) is 1.34. The van der Waals surface area contributed by atoms with Crippen molar-refractivity contribution in [2.45, 2.75) is 32.5 Å². The number of rotatable bonds is 6. The number of quaternary nitrogens is 1. The molecule has 18 heavy (non-hydrogen) atoms. The Hall–Kier alpha value is -0.250. The lowest BCUT2D eigenvalue weighted by Crippen LogP contribution is -2.45. The maximum absolute atomic E-state index is 9.22. The molecule has 0 aromatic heterocycles. The minimum absolute atomic E-state index is 0.239. The number of aliphatic hydroxyl groups is 2. The van der Waals surface area contributed by atoms with E-state index in [4.69, 9.17) is 5.11 Å². The molecule has 112 valence electrons. The molecule has 7 nitrogen and oxygen atoms in total. The summed E-state index contributed by atoms with van der Waals surface area (Å²) in [6.07, 6.45) is 0.282. The van der Waals surface area contributed by atoms with Crippen LogP contribution in [-0.4, -0.2) is 74.2 Å². The van der Waals surface area contributed by atoms with Gasteiger partial charge in [0.25, 0.3) is 0 Å². The Morgan fingerprint density at radius 3 is 1.83 bits per heavy atom. The molecule has 0 saturated heterocycles. The van der Waals surface area contributed by atoms with Crippen LogP contribution < -0.4 is 0 Å². The van der Waals surface area contributed by atoms with Crippen molar-refractivity contribution in [2.24, 2.45) is 0 Å². The quantitative estimate of drug-likeness (QED) is 0.380. The maximum Gasteiger partial charge on any atom is 0.217 e. The average Bonchev–Trinajstić information content (AvgIpc) is 2.13. The maximum atomic E-state index is 9.22. The van der Waals surface area contributed by atoms with Gasteiger partial charge in [-0.15, -0.1) is 0 Å². The highest BCUT2D eigenvalue weighted by Crippen LogP contribution is 2.03. The van der Waals surface area contributed by atoms with E-state index in [1.165, 1.54) is 0 Å². The predicted molar refractivity (Wildman–Crippen MR) is 66.5 cm³/mol. The van der Waals surface area contributed by atoms with Crippen LogP contribution in [0.2, 0.25) is 0 Å². The minimum atomic E-state index is -4.41. The third-order valence-corrected chi connectivity index (χ3v) is 2.52. The molecule has 0 radical (unpaired) electrons. The first-order valence-electron chi connectivity index (χ1n) is 5.59. The summed E-state index contributed by atoms with van der Waals surface area (Å²) < 4.78 is 31.8. The van der Waals surface area contributed by atoms with Crippen LogP contribution in [0, 0.1) is 0 Å². The van der Waals surface area contributed by atoms with E-state index in [-0.39, 0.29) is 12.2 Å². The standard InChI is InChI=1S/C9H22NO2.CH4O4S/c1-8(11)5-6-10(3,4)7-9(2)12;1-5-6(2,3)4/h8-9,11-12H,5-7H2,1-4H3;1H3,(H,2,3,4)/q+1;/p-1. The summed E-state index contributed by atoms with van der Waals surface area (Å²) in [5, 5.41) is 18.3. The summed E-state index contributed by atoms with van der Waals surface area (Å²) in [6, 6.07) is 0. The molecule has 0 aliphatic carbocycles. The van der Waals surface area contributed by atoms with Crippen LogP contribution in [0.1, 0.15) is 20.3 Å². The molecule has 0 aliphatic rings. The van der Waals surface area contributed by atoms with Crippen LogP contribution in [0.5, 0.6) is 0 Å². The Morgan fingerprint density at radius 1 is 1.22 bits per heavy atom. The van der Waals surface area contributed by atoms with E-state index in [9.17, 15) is 18.1 Å². The number of hydrogen-bond donors (Lipinski definition) is 2. The highest BCUT2D eigenvalue weighted by atomic mass is 32.3. The molecule has 0 rings (SSSR count). The van der Waals surface area contributed by atoms with Crippen LogP contribution in [0.25, 0.3) is 0 Å². The van der Waals surface area contributed by atoms with Gasteiger partial charge in [-0.2, -0.15) is 0 Å². The second-order valence-electron chi connectivity index (χ2n) is 4.90. The van der Waals surface area contributed by atoms with Gasteiger partial charge in [-0.05, 0) is 13.8 Å². The molecule has 8 heteroatoms. The topological polar surface area (TPSA) is 107 Å². The van der Waals surface area contributed by atoms with Crippen molar-refractivity contribution in [3.63, 3.8) is 0 Å². The third kappa shape index (κ3) is 18.1. The normalized spacial score (nSPS) is 15.6. The monoisotopic (exact) mass is 287 g/mol. The van der Waals surface area contributed by atoms with Gasteiger partial charge in [-0.25, -0.2) is 8.42 Å². The molecule has 0 aliphatic heterocycles. The zero-order chi connectivity index (χ0) is 15.0. The number of likely N-dealkylation sites (N-methyl/N-ethyl adjacent to an activating group) is 1. The van der Waals surface area contributed by atoms with E-state index >= 15 is 0 Å². The Bertz CT molecular complexity index is 299. The van der Waals surface area contributed by atoms with Crippen molar-refractivity contribution >= 4 is 10.4 Å². The molecule has 0 aromatic carbocycles. The van der Waals surface area contributed by atoms with Gasteiger partial charge in [-0.3, -0.25) is 4.18 Å². The second-order valence-corrected chi connectivity index (χ2v) is 6.05. The van der Waals surface area contributed by atoms with E-state index in [2.05, 4.69) is 18.3 Å². The van der Waals surface area contributed by atoms with Gasteiger partial charge in [0.2, 0.25) is 10.4 Å². The molecule has 0 bridgehead atoms. The molecular formula is C10H25NO6S. The van der Waals surface area contributed by atoms with Crippen LogP contribution in [0.15, 0.2) is 0 Å². The molecule has 0 heterocycles. The van der Waals surface area contributed by atoms with Gasteiger partial charge in [0.05, 0.1) is 33.9 Å². The molecule has 0 aromatic rings. The fraction of sp³-hybridized carbons (Fsp3) is 1.00. The highest BCUT2D eigenvalue weighted by molar-refractivity contribution is 7.80. The SMILES string of the molecule is CC(O)CC[N+](C)(C)CC(C)O.COS(=O)(=O)[O-]. The summed E-state index contributed by atoms with van der Waals surface area (Å²) in [5.41, 5.74) is 0. The molecule has 0 saturated carbocycles. The summed E-state index contributed by atoms with van der Waals surface area (Å²) in [5.74, 6) is 0. The molecular weight excluding hydrogens is 262 g/mol. The van der Waals surface area contributed by atoms with Crippen molar-refractivity contribution in [1.29, 1.82) is 0 Å². The highest BCUT2D eigenvalue weighted by Gasteiger charge is 2.17. The van der Waals surface area contributed by atoms with Gasteiger partial charge in [0.1, 0.15) is 12.6 Å². The van der Waals surface area contributed by atoms with Crippen molar-refractivity contribution in [3.05, 3.63) is 0 Å². The van der Waals surface area contributed by atoms with Gasteiger partial charge < -0.3 is 19.2 Å². The van der Waals surface area contributed by atoms with E-state index in [0.717, 1.165) is 31.1 Å². The Labute approximate surface area is 110 Å². The van der Waals surface area contributed by atoms with Gasteiger partial charge in [0, 0.05) is 6.42 Å². The lowest BCUT2D eigenvalue weighted by molar-refractivity contribution is -0.893. The molecule has 0 fully saturated rings. The predicted octanol–water partition coefficient (Wildman–Crippen LogP) is -0.692. The smallest absolute Gasteiger partial charge is 0.217 e. The summed E-state index contributed by atoms with van der Waals surface area (Å²) in [6.45, 7) is 5.24. The molecule has 0 spiro atoms. The Balaban J connectivity index is 0. The van der Waals surface area contributed by atoms with E-state index in [0.29, 0.717) is 0 Å². The number of aliphatic hydroxyl groups excluding tert-OH is 2. The van der Waals surface area contributed by atoms with Crippen LogP contribution in [0.3, 0.4) is 0 Å². The lowest BCUT2D eigenvalue weighted by Gasteiger charge is -2.31. The first-order valence-corrected chi connectivity index (χ1v) is 6.92. The van der Waals surface area contributed by atoms with Crippen molar-refractivity contribution < 1.29 is 31.8 Å². The van der Waals surface area contributed by atoms with Crippen LogP contribution in [0.4, 0.5) is 0 Å². The fourth-order valence-electron chi connectivity index (χ4n) is 1.34. The van der Waals surface area contributed by atoms with Gasteiger partial charge in [0.15, 0.2) is 0 Å². The average molecular weight is 287 g/mol. The zero-order valence-corrected chi connectivity index (χ0v) is 12.5. The Kier molecular flexibility index (Phi) is 9.80. The molecule has 2 N–H and O–H groups in total. The molecule has 2 unspecified atom stereocenters. The van der Waals surface area contributed by atoms with E-state index in [1.54, 1.807) is 13.8 Å². The molecule has 0 amide bonds. The van der Waals surface area contributed by atoms with Gasteiger partial charge in [-0.1, -0.05) is 0 Å². The first-order chi connectivity index (χ1) is 7.89. The van der Waals surface area contributed by atoms with Crippen LogP contribution in [-0.2, 0) is 14.6 Å².